The van der Waals surface area contributed by atoms with Gasteiger partial charge in [-0.1, -0.05) is 54.1 Å². The van der Waals surface area contributed by atoms with Gasteiger partial charge in [-0.2, -0.15) is 8.42 Å². The Labute approximate surface area is 197 Å². The molecule has 26 heavy (non-hydrogen) atoms. The predicted octanol–water partition coefficient (Wildman–Crippen LogP) is 2.95. The Morgan fingerprint density at radius 1 is 1.04 bits per heavy atom. The van der Waals surface area contributed by atoms with Crippen LogP contribution in [0.2, 0.25) is 0 Å². The van der Waals surface area contributed by atoms with Crippen molar-refractivity contribution in [3.63, 3.8) is 0 Å². The van der Waals surface area contributed by atoms with Crippen LogP contribution in [0.4, 0.5) is 0 Å². The normalized spacial score (nSPS) is 13.7. The first-order valence-electron chi connectivity index (χ1n) is 7.77. The van der Waals surface area contributed by atoms with Gasteiger partial charge in [0, 0.05) is 0 Å². The second-order valence-electron chi connectivity index (χ2n) is 5.78. The van der Waals surface area contributed by atoms with Crippen molar-refractivity contribution in [2.45, 2.75) is 31.6 Å². The molecule has 2 aromatic rings. The van der Waals surface area contributed by atoms with E-state index in [0.29, 0.717) is 12.8 Å². The number of hydrogen-bond donors (Lipinski definition) is 2. The van der Waals surface area contributed by atoms with Crippen LogP contribution in [0.15, 0.2) is 48.5 Å². The molecular formula is C17H22KO6PS. The molecule has 0 spiro atoms. The molecule has 138 valence electrons. The van der Waals surface area contributed by atoms with E-state index in [0.717, 1.165) is 16.7 Å². The van der Waals surface area contributed by atoms with Crippen molar-refractivity contribution in [2.24, 2.45) is 0 Å². The first-order valence-corrected chi connectivity index (χ1v) is 10.5. The van der Waals surface area contributed by atoms with Crippen molar-refractivity contribution in [3.05, 3.63) is 59.7 Å². The summed E-state index contributed by atoms with van der Waals surface area (Å²) in [7, 11) is -7.96. The number of hydrogen-bond acceptors (Lipinski definition) is 4. The summed E-state index contributed by atoms with van der Waals surface area (Å²) in [5.74, 6) is 0. The molecule has 9 heteroatoms. The zero-order chi connectivity index (χ0) is 18.4. The molecule has 0 saturated carbocycles. The van der Waals surface area contributed by atoms with Gasteiger partial charge >= 0.3 is 59.6 Å². The fourth-order valence-electron chi connectivity index (χ4n) is 2.46. The SMILES string of the molecule is Cc1ccc(-c2ccc(CCCC(O[PH](=O)O)S(=O)(=O)O)cc2)cc1.[KH]. The maximum absolute atomic E-state index is 11.1. The molecule has 0 radical (unpaired) electrons. The van der Waals surface area contributed by atoms with Crippen molar-refractivity contribution >= 4 is 69.8 Å². The summed E-state index contributed by atoms with van der Waals surface area (Å²) >= 11 is 0. The summed E-state index contributed by atoms with van der Waals surface area (Å²) in [6.45, 7) is 2.03. The minimum absolute atomic E-state index is 0. The molecule has 0 aromatic heterocycles. The Balaban J connectivity index is 0.00000338. The van der Waals surface area contributed by atoms with Crippen molar-refractivity contribution in [1.29, 1.82) is 0 Å². The van der Waals surface area contributed by atoms with Gasteiger partial charge in [-0.3, -0.25) is 13.6 Å². The van der Waals surface area contributed by atoms with Crippen LogP contribution < -0.4 is 0 Å². The fraction of sp³-hybridized carbons (Fsp3) is 0.294. The number of rotatable bonds is 8. The summed E-state index contributed by atoms with van der Waals surface area (Å²) < 4.78 is 46.4. The summed E-state index contributed by atoms with van der Waals surface area (Å²) in [5, 5.41) is 0. The van der Waals surface area contributed by atoms with Crippen LogP contribution in [-0.2, 0) is 25.6 Å². The number of aryl methyl sites for hydroxylation is 2. The second-order valence-corrected chi connectivity index (χ2v) is 8.11. The van der Waals surface area contributed by atoms with Crippen molar-refractivity contribution in [1.82, 2.24) is 0 Å². The Hall–Kier alpha value is 0.136. The molecule has 0 heterocycles. The van der Waals surface area contributed by atoms with Gasteiger partial charge in [-0.15, -0.1) is 0 Å². The molecule has 2 unspecified atom stereocenters. The predicted molar refractivity (Wildman–Crippen MR) is 104 cm³/mol. The monoisotopic (exact) mass is 424 g/mol. The molecule has 6 nitrogen and oxygen atoms in total. The van der Waals surface area contributed by atoms with E-state index in [2.05, 4.69) is 16.7 Å². The molecule has 0 aliphatic carbocycles. The van der Waals surface area contributed by atoms with Gasteiger partial charge in [-0.25, -0.2) is 0 Å². The topological polar surface area (TPSA) is 101 Å². The van der Waals surface area contributed by atoms with Crippen molar-refractivity contribution in [2.75, 3.05) is 0 Å². The average molecular weight is 424 g/mol. The first-order chi connectivity index (χ1) is 11.8. The van der Waals surface area contributed by atoms with E-state index in [1.807, 2.05) is 43.3 Å². The summed E-state index contributed by atoms with van der Waals surface area (Å²) in [5.41, 5.74) is 2.73. The molecule has 0 fully saturated rings. The van der Waals surface area contributed by atoms with E-state index >= 15 is 0 Å². The van der Waals surface area contributed by atoms with Crippen molar-refractivity contribution < 1.29 is 27.0 Å². The van der Waals surface area contributed by atoms with Crippen LogP contribution in [0.5, 0.6) is 0 Å². The van der Waals surface area contributed by atoms with E-state index in [4.69, 9.17) is 9.45 Å². The Morgan fingerprint density at radius 2 is 1.54 bits per heavy atom. The zero-order valence-corrected chi connectivity index (χ0v) is 15.6. The van der Waals surface area contributed by atoms with E-state index in [-0.39, 0.29) is 57.8 Å². The summed E-state index contributed by atoms with van der Waals surface area (Å²) in [6, 6.07) is 16.1. The first kappa shape index (κ1) is 24.2. The third kappa shape index (κ3) is 8.02. The van der Waals surface area contributed by atoms with Gasteiger partial charge in [0.1, 0.15) is 0 Å². The third-order valence-electron chi connectivity index (χ3n) is 3.81. The average Bonchev–Trinajstić information content (AvgIpc) is 2.54. The van der Waals surface area contributed by atoms with Gasteiger partial charge in [0.2, 0.25) is 0 Å². The van der Waals surface area contributed by atoms with Gasteiger partial charge in [0.15, 0.2) is 5.44 Å². The molecule has 0 aliphatic heterocycles. The number of benzene rings is 2. The van der Waals surface area contributed by atoms with Crippen LogP contribution in [0.25, 0.3) is 11.1 Å². The van der Waals surface area contributed by atoms with Gasteiger partial charge in [0.05, 0.1) is 0 Å². The minimum atomic E-state index is -4.52. The summed E-state index contributed by atoms with van der Waals surface area (Å²) in [6.07, 6.45) is 0.898. The van der Waals surface area contributed by atoms with Crippen LogP contribution in [0.3, 0.4) is 0 Å². The van der Waals surface area contributed by atoms with Crippen LogP contribution in [0.1, 0.15) is 24.0 Å². The van der Waals surface area contributed by atoms with E-state index < -0.39 is 23.8 Å². The molecule has 2 aromatic carbocycles. The second kappa shape index (κ2) is 11.2. The third-order valence-corrected chi connectivity index (χ3v) is 5.46. The summed E-state index contributed by atoms with van der Waals surface area (Å²) in [4.78, 5) is 8.71. The quantitative estimate of drug-likeness (QED) is 0.384. The molecule has 2 rings (SSSR count). The Kier molecular flexibility index (Phi) is 10.4. The molecule has 0 aliphatic rings. The van der Waals surface area contributed by atoms with Crippen molar-refractivity contribution in [3.8, 4) is 11.1 Å². The molecule has 0 amide bonds. The molecule has 2 N–H and O–H groups in total. The molecule has 0 saturated heterocycles. The van der Waals surface area contributed by atoms with E-state index in [1.165, 1.54) is 5.56 Å². The van der Waals surface area contributed by atoms with Gasteiger partial charge in [-0.05, 0) is 42.9 Å². The molecular weight excluding hydrogens is 402 g/mol. The standard InChI is InChI=1S/C17H21O6PS.K.H/c1-13-5-9-15(10-6-13)16-11-7-14(8-12-16)3-2-4-17(23-24(18)19)25(20,21)22;;/h5-12,17,24H,2-4H2,1H3,(H,18,19)(H,20,21,22);;. The molecule has 2 atom stereocenters. The van der Waals surface area contributed by atoms with Crippen LogP contribution in [0, 0.1) is 6.92 Å². The van der Waals surface area contributed by atoms with Gasteiger partial charge < -0.3 is 4.89 Å². The Bertz CT molecular complexity index is 821. The fourth-order valence-corrected chi connectivity index (χ4v) is 4.00. The van der Waals surface area contributed by atoms with E-state index in [1.54, 1.807) is 0 Å². The molecule has 0 bridgehead atoms. The zero-order valence-electron chi connectivity index (χ0n) is 13.8. The maximum atomic E-state index is 11.1. The Morgan fingerprint density at radius 3 is 2.00 bits per heavy atom. The van der Waals surface area contributed by atoms with E-state index in [9.17, 15) is 13.0 Å². The van der Waals surface area contributed by atoms with Crippen LogP contribution in [-0.4, -0.2) is 74.7 Å². The van der Waals surface area contributed by atoms with Crippen LogP contribution >= 0.6 is 8.25 Å². The van der Waals surface area contributed by atoms with Gasteiger partial charge in [0.25, 0.3) is 10.1 Å².